The molecule has 0 aliphatic carbocycles. The van der Waals surface area contributed by atoms with E-state index in [2.05, 4.69) is 0 Å². The Balaban J connectivity index is 0.0000000900. The zero-order chi connectivity index (χ0) is 8.49. The SMILES string of the molecule is C1CSC1.C1CSC1.C1CSC1. The molecule has 0 amide bonds. The molecule has 0 saturated carbocycles. The van der Waals surface area contributed by atoms with Gasteiger partial charge < -0.3 is 0 Å². The molecule has 0 aromatic carbocycles. The average Bonchev–Trinajstić information content (AvgIpc) is 1.41. The van der Waals surface area contributed by atoms with Crippen LogP contribution in [0.1, 0.15) is 19.3 Å². The van der Waals surface area contributed by atoms with Crippen molar-refractivity contribution in [3.05, 3.63) is 0 Å². The molecular formula is C9H18S3. The van der Waals surface area contributed by atoms with Crippen LogP contribution < -0.4 is 0 Å². The normalized spacial score (nSPS) is 24.0. The lowest BCUT2D eigenvalue weighted by atomic mass is 10.6. The fraction of sp³-hybridized carbons (Fsp3) is 1.00. The lowest BCUT2D eigenvalue weighted by molar-refractivity contribution is 1.06. The van der Waals surface area contributed by atoms with Gasteiger partial charge in [0, 0.05) is 0 Å². The first-order chi connectivity index (χ1) is 6.00. The third-order valence-corrected chi connectivity index (χ3v) is 5.20. The molecule has 0 N–H and O–H groups in total. The molecule has 0 aromatic heterocycles. The average molecular weight is 222 g/mol. The van der Waals surface area contributed by atoms with Crippen molar-refractivity contribution in [1.29, 1.82) is 0 Å². The molecule has 3 aliphatic rings. The van der Waals surface area contributed by atoms with Gasteiger partial charge in [0.2, 0.25) is 0 Å². The van der Waals surface area contributed by atoms with Crippen molar-refractivity contribution in [2.75, 3.05) is 34.5 Å². The van der Waals surface area contributed by atoms with Gasteiger partial charge >= 0.3 is 0 Å². The number of hydrogen-bond acceptors (Lipinski definition) is 3. The minimum atomic E-state index is 1.42. The molecule has 3 heteroatoms. The Labute approximate surface area is 89.0 Å². The zero-order valence-electron chi connectivity index (χ0n) is 7.59. The molecule has 3 fully saturated rings. The van der Waals surface area contributed by atoms with E-state index in [4.69, 9.17) is 0 Å². The molecule has 12 heavy (non-hydrogen) atoms. The smallest absolute Gasteiger partial charge is 0.00597 e. The van der Waals surface area contributed by atoms with Gasteiger partial charge in [-0.2, -0.15) is 35.3 Å². The summed E-state index contributed by atoms with van der Waals surface area (Å²) in [5.74, 6) is 8.50. The van der Waals surface area contributed by atoms with Gasteiger partial charge in [0.15, 0.2) is 0 Å². The Morgan fingerprint density at radius 3 is 0.500 bits per heavy atom. The maximum atomic E-state index is 2.04. The van der Waals surface area contributed by atoms with Gasteiger partial charge in [0.25, 0.3) is 0 Å². The van der Waals surface area contributed by atoms with E-state index in [1.165, 1.54) is 53.8 Å². The van der Waals surface area contributed by atoms with E-state index in [9.17, 15) is 0 Å². The second-order valence-electron chi connectivity index (χ2n) is 2.90. The van der Waals surface area contributed by atoms with Crippen molar-refractivity contribution in [3.63, 3.8) is 0 Å². The minimum Gasteiger partial charge on any atom is -0.162 e. The molecule has 0 atom stereocenters. The molecule has 0 unspecified atom stereocenters. The minimum absolute atomic E-state index is 1.42. The van der Waals surface area contributed by atoms with Crippen molar-refractivity contribution in [2.45, 2.75) is 19.3 Å². The second kappa shape index (κ2) is 8.64. The van der Waals surface area contributed by atoms with Gasteiger partial charge in [-0.3, -0.25) is 0 Å². The molecule has 3 rings (SSSR count). The molecule has 0 aromatic rings. The van der Waals surface area contributed by atoms with Crippen LogP contribution in [0.4, 0.5) is 0 Å². The third-order valence-electron chi connectivity index (χ3n) is 1.73. The van der Waals surface area contributed by atoms with Crippen LogP contribution in [0.2, 0.25) is 0 Å². The molecule has 72 valence electrons. The topological polar surface area (TPSA) is 0 Å². The van der Waals surface area contributed by atoms with Crippen LogP contribution in [0.15, 0.2) is 0 Å². The van der Waals surface area contributed by atoms with Gasteiger partial charge in [-0.05, 0) is 53.8 Å². The van der Waals surface area contributed by atoms with Gasteiger partial charge in [0.05, 0.1) is 0 Å². The number of hydrogen-bond donors (Lipinski definition) is 0. The van der Waals surface area contributed by atoms with E-state index in [1.807, 2.05) is 35.3 Å². The third kappa shape index (κ3) is 6.55. The van der Waals surface area contributed by atoms with E-state index in [0.29, 0.717) is 0 Å². The maximum absolute atomic E-state index is 2.04. The number of rotatable bonds is 0. The Bertz CT molecular complexity index is 52.8. The lowest BCUT2D eigenvalue weighted by Gasteiger charge is -2.05. The molecular weight excluding hydrogens is 204 g/mol. The van der Waals surface area contributed by atoms with E-state index >= 15 is 0 Å². The molecule has 0 radical (unpaired) electrons. The predicted molar refractivity (Wildman–Crippen MR) is 65.8 cm³/mol. The van der Waals surface area contributed by atoms with Crippen LogP contribution in [-0.4, -0.2) is 34.5 Å². The van der Waals surface area contributed by atoms with Crippen molar-refractivity contribution >= 4 is 35.3 Å². The summed E-state index contributed by atoms with van der Waals surface area (Å²) >= 11 is 6.11. The van der Waals surface area contributed by atoms with Crippen LogP contribution in [0.3, 0.4) is 0 Å². The lowest BCUT2D eigenvalue weighted by Crippen LogP contribution is -1.94. The summed E-state index contributed by atoms with van der Waals surface area (Å²) in [6, 6.07) is 0. The van der Waals surface area contributed by atoms with Crippen LogP contribution in [0.5, 0.6) is 0 Å². The maximum Gasteiger partial charge on any atom is -0.00597 e. The summed E-state index contributed by atoms with van der Waals surface area (Å²) in [5, 5.41) is 0. The molecule has 3 aliphatic heterocycles. The van der Waals surface area contributed by atoms with E-state index in [0.717, 1.165) is 0 Å². The Kier molecular flexibility index (Phi) is 8.01. The standard InChI is InChI=1S/3C3H6S/c3*1-2-4-3-1/h3*1-3H2. The molecule has 0 bridgehead atoms. The number of thioether (sulfide) groups is 3. The monoisotopic (exact) mass is 222 g/mol. The fourth-order valence-electron chi connectivity index (χ4n) is 0.433. The summed E-state index contributed by atoms with van der Waals surface area (Å²) in [4.78, 5) is 0. The first kappa shape index (κ1) is 11.1. The van der Waals surface area contributed by atoms with Gasteiger partial charge in [-0.25, -0.2) is 0 Å². The first-order valence-corrected chi connectivity index (χ1v) is 8.20. The highest BCUT2D eigenvalue weighted by Crippen LogP contribution is 2.15. The van der Waals surface area contributed by atoms with E-state index in [-0.39, 0.29) is 0 Å². The van der Waals surface area contributed by atoms with Crippen LogP contribution >= 0.6 is 35.3 Å². The summed E-state index contributed by atoms with van der Waals surface area (Å²) in [7, 11) is 0. The Morgan fingerprint density at radius 2 is 0.500 bits per heavy atom. The largest absolute Gasteiger partial charge is 0.162 e. The van der Waals surface area contributed by atoms with Gasteiger partial charge in [-0.15, -0.1) is 0 Å². The molecule has 3 saturated heterocycles. The van der Waals surface area contributed by atoms with Crippen LogP contribution in [0.25, 0.3) is 0 Å². The molecule has 3 heterocycles. The predicted octanol–water partition coefficient (Wildman–Crippen LogP) is 3.37. The Morgan fingerprint density at radius 1 is 0.417 bits per heavy atom. The summed E-state index contributed by atoms with van der Waals surface area (Å²) in [6.07, 6.45) is 4.39. The highest BCUT2D eigenvalue weighted by atomic mass is 32.2. The second-order valence-corrected chi connectivity index (χ2v) is 6.57. The van der Waals surface area contributed by atoms with Crippen LogP contribution in [0, 0.1) is 0 Å². The van der Waals surface area contributed by atoms with Gasteiger partial charge in [0.1, 0.15) is 0 Å². The van der Waals surface area contributed by atoms with E-state index < -0.39 is 0 Å². The van der Waals surface area contributed by atoms with Crippen LogP contribution in [-0.2, 0) is 0 Å². The van der Waals surface area contributed by atoms with E-state index in [1.54, 1.807) is 0 Å². The highest BCUT2D eigenvalue weighted by Gasteiger charge is 1.96. The summed E-state index contributed by atoms with van der Waals surface area (Å²) < 4.78 is 0. The highest BCUT2D eigenvalue weighted by molar-refractivity contribution is 8.00. The summed E-state index contributed by atoms with van der Waals surface area (Å²) in [6.45, 7) is 0. The van der Waals surface area contributed by atoms with Crippen molar-refractivity contribution in [1.82, 2.24) is 0 Å². The van der Waals surface area contributed by atoms with Crippen molar-refractivity contribution in [2.24, 2.45) is 0 Å². The Hall–Kier alpha value is 1.05. The van der Waals surface area contributed by atoms with Crippen molar-refractivity contribution < 1.29 is 0 Å². The molecule has 0 spiro atoms. The first-order valence-electron chi connectivity index (χ1n) is 4.73. The molecule has 0 nitrogen and oxygen atoms in total. The van der Waals surface area contributed by atoms with Gasteiger partial charge in [-0.1, -0.05) is 0 Å². The fourth-order valence-corrected chi connectivity index (χ4v) is 1.30. The van der Waals surface area contributed by atoms with Crippen molar-refractivity contribution in [3.8, 4) is 0 Å². The summed E-state index contributed by atoms with van der Waals surface area (Å²) in [5.41, 5.74) is 0. The zero-order valence-corrected chi connectivity index (χ0v) is 10.0. The quantitative estimate of drug-likeness (QED) is 0.617.